The van der Waals surface area contributed by atoms with E-state index < -0.39 is 0 Å². The monoisotopic (exact) mass is 445 g/mol. The quantitative estimate of drug-likeness (QED) is 0.540. The zero-order valence-corrected chi connectivity index (χ0v) is 18.7. The summed E-state index contributed by atoms with van der Waals surface area (Å²) >= 11 is 2.93. The maximum absolute atomic E-state index is 12.7. The van der Waals surface area contributed by atoms with Crippen molar-refractivity contribution >= 4 is 39.2 Å². The van der Waals surface area contributed by atoms with E-state index in [1.165, 1.54) is 55.2 Å². The van der Waals surface area contributed by atoms with Gasteiger partial charge in [0.15, 0.2) is 0 Å². The van der Waals surface area contributed by atoms with E-state index in [1.54, 1.807) is 12.3 Å². The molecule has 1 aliphatic carbocycles. The molecule has 3 aromatic rings. The van der Waals surface area contributed by atoms with Gasteiger partial charge in [-0.3, -0.25) is 9.59 Å². The number of nitrogens with zero attached hydrogens (tertiary/aromatic N) is 1. The summed E-state index contributed by atoms with van der Waals surface area (Å²) < 4.78 is 5.44. The van der Waals surface area contributed by atoms with Crippen LogP contribution in [0.25, 0.3) is 21.5 Å². The van der Waals surface area contributed by atoms with Crippen molar-refractivity contribution < 1.29 is 9.21 Å². The molecule has 0 aromatic carbocycles. The third-order valence-corrected chi connectivity index (χ3v) is 7.59. The van der Waals surface area contributed by atoms with Gasteiger partial charge in [-0.2, -0.15) is 0 Å². The first-order chi connectivity index (χ1) is 14.6. The van der Waals surface area contributed by atoms with Crippen LogP contribution in [0.2, 0.25) is 0 Å². The van der Waals surface area contributed by atoms with Crippen LogP contribution in [-0.2, 0) is 4.79 Å². The number of amides is 1. The highest BCUT2D eigenvalue weighted by Crippen LogP contribution is 2.32. The Kier molecular flexibility index (Phi) is 6.94. The molecule has 1 saturated carbocycles. The Bertz CT molecular complexity index is 1030. The summed E-state index contributed by atoms with van der Waals surface area (Å²) in [5.74, 6) is 1.69. The molecule has 160 valence electrons. The van der Waals surface area contributed by atoms with Crippen molar-refractivity contribution in [3.63, 3.8) is 0 Å². The highest BCUT2D eigenvalue weighted by Gasteiger charge is 2.19. The van der Waals surface area contributed by atoms with Crippen molar-refractivity contribution in [3.05, 3.63) is 40.0 Å². The van der Waals surface area contributed by atoms with E-state index in [2.05, 4.69) is 15.3 Å². The van der Waals surface area contributed by atoms with Crippen molar-refractivity contribution in [2.24, 2.45) is 0 Å². The second-order valence-electron chi connectivity index (χ2n) is 7.82. The number of aromatic nitrogens is 2. The third kappa shape index (κ3) is 4.98. The highest BCUT2D eigenvalue weighted by atomic mass is 32.2. The zero-order valence-electron chi connectivity index (χ0n) is 17.1. The van der Waals surface area contributed by atoms with Crippen molar-refractivity contribution in [2.45, 2.75) is 63.2 Å². The molecule has 30 heavy (non-hydrogen) atoms. The molecule has 1 unspecified atom stereocenters. The van der Waals surface area contributed by atoms with Crippen molar-refractivity contribution in [2.75, 3.05) is 5.75 Å². The summed E-state index contributed by atoms with van der Waals surface area (Å²) in [6, 6.07) is 3.94. The summed E-state index contributed by atoms with van der Waals surface area (Å²) in [4.78, 5) is 33.4. The number of furan rings is 1. The SMILES string of the molecule is CC(SCC(=O)NC1CCCCCCC1)c1nc2scc(-c3ccco3)c2c(=O)[nH]1. The van der Waals surface area contributed by atoms with Crippen LogP contribution in [0.15, 0.2) is 33.0 Å². The van der Waals surface area contributed by atoms with Gasteiger partial charge < -0.3 is 14.7 Å². The molecule has 1 amide bonds. The fourth-order valence-corrected chi connectivity index (χ4v) is 5.61. The number of hydrogen-bond acceptors (Lipinski definition) is 6. The van der Waals surface area contributed by atoms with Crippen LogP contribution in [0, 0.1) is 0 Å². The summed E-state index contributed by atoms with van der Waals surface area (Å²) in [7, 11) is 0. The molecule has 6 nitrogen and oxygen atoms in total. The van der Waals surface area contributed by atoms with Crippen molar-refractivity contribution in [1.29, 1.82) is 0 Å². The average molecular weight is 446 g/mol. The number of thioether (sulfide) groups is 1. The number of fused-ring (bicyclic) bond motifs is 1. The van der Waals surface area contributed by atoms with E-state index in [9.17, 15) is 9.59 Å². The Labute approximate surface area is 183 Å². The number of nitrogens with one attached hydrogen (secondary N) is 2. The number of carbonyl (C=O) groups is 1. The van der Waals surface area contributed by atoms with Gasteiger partial charge in [0, 0.05) is 17.0 Å². The minimum Gasteiger partial charge on any atom is -0.464 e. The van der Waals surface area contributed by atoms with E-state index in [0.29, 0.717) is 33.6 Å². The number of carbonyl (C=O) groups excluding carboxylic acids is 1. The Morgan fingerprint density at radius 1 is 1.33 bits per heavy atom. The van der Waals surface area contributed by atoms with Crippen LogP contribution in [0.5, 0.6) is 0 Å². The van der Waals surface area contributed by atoms with Crippen LogP contribution in [0.1, 0.15) is 62.9 Å². The second kappa shape index (κ2) is 9.83. The second-order valence-corrected chi connectivity index (χ2v) is 10.0. The Morgan fingerprint density at radius 3 is 2.83 bits per heavy atom. The fraction of sp³-hybridized carbons (Fsp3) is 0.500. The minimum absolute atomic E-state index is 0.0667. The average Bonchev–Trinajstić information content (AvgIpc) is 3.37. The molecule has 3 heterocycles. The third-order valence-electron chi connectivity index (χ3n) is 5.57. The summed E-state index contributed by atoms with van der Waals surface area (Å²) in [5.41, 5.74) is 0.591. The number of thiophene rings is 1. The standard InChI is InChI=1S/C22H27N3O3S2/c1-14(29-13-18(26)23-15-8-5-3-2-4-6-9-15)20-24-21(27)19-16(12-30-22(19)25-20)17-10-7-11-28-17/h7,10-12,14-15H,2-6,8-9,13H2,1H3,(H,23,26)(H,24,25,27). The molecule has 2 N–H and O–H groups in total. The Hall–Kier alpha value is -2.06. The molecule has 0 saturated heterocycles. The molecular formula is C22H27N3O3S2. The maximum atomic E-state index is 12.7. The van der Waals surface area contributed by atoms with Gasteiger partial charge in [-0.05, 0) is 31.9 Å². The first-order valence-corrected chi connectivity index (χ1v) is 12.5. The summed E-state index contributed by atoms with van der Waals surface area (Å²) in [5, 5.41) is 5.56. The van der Waals surface area contributed by atoms with Gasteiger partial charge in [0.2, 0.25) is 5.91 Å². The highest BCUT2D eigenvalue weighted by molar-refractivity contribution is 8.00. The molecule has 0 aliphatic heterocycles. The lowest BCUT2D eigenvalue weighted by molar-refractivity contribution is -0.119. The van der Waals surface area contributed by atoms with E-state index in [-0.39, 0.29) is 16.7 Å². The van der Waals surface area contributed by atoms with E-state index in [0.717, 1.165) is 18.4 Å². The van der Waals surface area contributed by atoms with Crippen LogP contribution in [0.3, 0.4) is 0 Å². The minimum atomic E-state index is -0.172. The smallest absolute Gasteiger partial charge is 0.260 e. The number of aromatic amines is 1. The van der Waals surface area contributed by atoms with E-state index in [4.69, 9.17) is 4.42 Å². The number of H-pyrrole nitrogens is 1. The predicted octanol–water partition coefficient (Wildman–Crippen LogP) is 5.27. The first kappa shape index (κ1) is 21.2. The number of hydrogen-bond donors (Lipinski definition) is 2. The molecule has 3 aromatic heterocycles. The normalized spacial score (nSPS) is 16.8. The van der Waals surface area contributed by atoms with Crippen LogP contribution in [0.4, 0.5) is 0 Å². The number of rotatable bonds is 6. The summed E-state index contributed by atoms with van der Waals surface area (Å²) in [6.07, 6.45) is 9.99. The lowest BCUT2D eigenvalue weighted by atomic mass is 9.97. The van der Waals surface area contributed by atoms with Crippen LogP contribution >= 0.6 is 23.1 Å². The van der Waals surface area contributed by atoms with Gasteiger partial charge in [0.1, 0.15) is 16.4 Å². The van der Waals surface area contributed by atoms with Crippen LogP contribution < -0.4 is 10.9 Å². The largest absolute Gasteiger partial charge is 0.464 e. The predicted molar refractivity (Wildman–Crippen MR) is 123 cm³/mol. The summed E-state index contributed by atoms with van der Waals surface area (Å²) in [6.45, 7) is 1.97. The molecule has 1 fully saturated rings. The molecular weight excluding hydrogens is 418 g/mol. The van der Waals surface area contributed by atoms with E-state index >= 15 is 0 Å². The van der Waals surface area contributed by atoms with Gasteiger partial charge in [-0.15, -0.1) is 23.1 Å². The molecule has 4 rings (SSSR count). The van der Waals surface area contributed by atoms with Gasteiger partial charge in [0.05, 0.1) is 22.7 Å². The molecule has 0 radical (unpaired) electrons. The Morgan fingerprint density at radius 2 is 2.10 bits per heavy atom. The molecule has 8 heteroatoms. The van der Waals surface area contributed by atoms with Crippen LogP contribution in [-0.4, -0.2) is 27.7 Å². The van der Waals surface area contributed by atoms with Crippen molar-refractivity contribution in [1.82, 2.24) is 15.3 Å². The molecule has 0 bridgehead atoms. The van der Waals surface area contributed by atoms with Crippen molar-refractivity contribution in [3.8, 4) is 11.3 Å². The maximum Gasteiger partial charge on any atom is 0.260 e. The first-order valence-electron chi connectivity index (χ1n) is 10.6. The Balaban J connectivity index is 1.39. The van der Waals surface area contributed by atoms with Gasteiger partial charge in [-0.1, -0.05) is 32.1 Å². The van der Waals surface area contributed by atoms with Gasteiger partial charge >= 0.3 is 0 Å². The molecule has 0 spiro atoms. The fourth-order valence-electron chi connectivity index (χ4n) is 3.92. The topological polar surface area (TPSA) is 88.0 Å². The van der Waals surface area contributed by atoms with E-state index in [1.807, 2.05) is 18.4 Å². The lowest BCUT2D eigenvalue weighted by Gasteiger charge is -2.21. The molecule has 1 atom stereocenters. The van der Waals surface area contributed by atoms with Gasteiger partial charge in [-0.25, -0.2) is 4.98 Å². The molecule has 1 aliphatic rings. The van der Waals surface area contributed by atoms with Gasteiger partial charge in [0.25, 0.3) is 5.56 Å². The lowest BCUT2D eigenvalue weighted by Crippen LogP contribution is -2.36. The zero-order chi connectivity index (χ0) is 20.9.